The van der Waals surface area contributed by atoms with Crippen molar-refractivity contribution in [1.29, 1.82) is 0 Å². The SMILES string of the molecule is CCSC(=O)C(C(=O)CSC1CCCCC1)C(=O)C(C)C. The quantitative estimate of drug-likeness (QED) is 0.635. The summed E-state index contributed by atoms with van der Waals surface area (Å²) in [6.07, 6.45) is 6.04. The molecule has 0 aromatic rings. The molecule has 21 heavy (non-hydrogen) atoms. The van der Waals surface area contributed by atoms with Crippen molar-refractivity contribution in [3.63, 3.8) is 0 Å². The summed E-state index contributed by atoms with van der Waals surface area (Å²) < 4.78 is 0. The van der Waals surface area contributed by atoms with Crippen LogP contribution in [0, 0.1) is 11.8 Å². The molecule has 0 amide bonds. The third-order valence-electron chi connectivity index (χ3n) is 3.71. The number of carbonyl (C=O) groups excluding carboxylic acids is 3. The van der Waals surface area contributed by atoms with Crippen molar-refractivity contribution in [2.24, 2.45) is 11.8 Å². The Balaban J connectivity index is 2.61. The van der Waals surface area contributed by atoms with Crippen LogP contribution < -0.4 is 0 Å². The zero-order valence-electron chi connectivity index (χ0n) is 13.2. The van der Waals surface area contributed by atoms with Crippen LogP contribution in [0.15, 0.2) is 0 Å². The monoisotopic (exact) mass is 330 g/mol. The minimum Gasteiger partial charge on any atom is -0.298 e. The molecule has 0 heterocycles. The molecule has 0 aromatic heterocycles. The van der Waals surface area contributed by atoms with Gasteiger partial charge in [-0.15, -0.1) is 0 Å². The van der Waals surface area contributed by atoms with Gasteiger partial charge in [0, 0.05) is 11.2 Å². The van der Waals surface area contributed by atoms with Gasteiger partial charge in [-0.25, -0.2) is 0 Å². The molecule has 1 saturated carbocycles. The Morgan fingerprint density at radius 3 is 2.24 bits per heavy atom. The summed E-state index contributed by atoms with van der Waals surface area (Å²) in [5.41, 5.74) is 0. The lowest BCUT2D eigenvalue weighted by Crippen LogP contribution is -2.35. The molecule has 0 aromatic carbocycles. The Kier molecular flexibility index (Phi) is 8.64. The van der Waals surface area contributed by atoms with Crippen molar-refractivity contribution < 1.29 is 14.4 Å². The molecule has 1 atom stereocenters. The second-order valence-electron chi connectivity index (χ2n) is 5.78. The number of rotatable bonds is 8. The maximum atomic E-state index is 12.4. The third-order valence-corrected chi connectivity index (χ3v) is 5.91. The molecule has 0 N–H and O–H groups in total. The highest BCUT2D eigenvalue weighted by Crippen LogP contribution is 2.29. The first-order valence-corrected chi connectivity index (χ1v) is 9.85. The molecule has 1 aliphatic rings. The van der Waals surface area contributed by atoms with Gasteiger partial charge in [0.2, 0.25) is 5.12 Å². The zero-order valence-corrected chi connectivity index (χ0v) is 14.9. The Morgan fingerprint density at radius 1 is 1.10 bits per heavy atom. The van der Waals surface area contributed by atoms with Crippen LogP contribution in [0.3, 0.4) is 0 Å². The molecule has 1 fully saturated rings. The molecule has 0 radical (unpaired) electrons. The van der Waals surface area contributed by atoms with E-state index in [0.29, 0.717) is 16.8 Å². The van der Waals surface area contributed by atoms with Crippen molar-refractivity contribution in [2.75, 3.05) is 11.5 Å². The lowest BCUT2D eigenvalue weighted by Gasteiger charge is -2.21. The summed E-state index contributed by atoms with van der Waals surface area (Å²) in [6, 6.07) is 0. The largest absolute Gasteiger partial charge is 0.298 e. The number of thioether (sulfide) groups is 2. The Labute approximate surface area is 136 Å². The molecule has 0 saturated heterocycles. The van der Waals surface area contributed by atoms with Crippen LogP contribution in [0.5, 0.6) is 0 Å². The van der Waals surface area contributed by atoms with E-state index in [-0.39, 0.29) is 22.6 Å². The predicted molar refractivity (Wildman–Crippen MR) is 90.8 cm³/mol. The normalized spacial score (nSPS) is 17.7. The van der Waals surface area contributed by atoms with Gasteiger partial charge in [0.25, 0.3) is 0 Å². The fourth-order valence-corrected chi connectivity index (χ4v) is 4.41. The van der Waals surface area contributed by atoms with Gasteiger partial charge in [-0.2, -0.15) is 11.8 Å². The van der Waals surface area contributed by atoms with E-state index in [1.165, 1.54) is 19.3 Å². The number of hydrogen-bond donors (Lipinski definition) is 0. The third kappa shape index (κ3) is 6.15. The van der Waals surface area contributed by atoms with Gasteiger partial charge in [-0.05, 0) is 18.6 Å². The topological polar surface area (TPSA) is 51.2 Å². The Hall–Kier alpha value is -0.290. The first-order valence-electron chi connectivity index (χ1n) is 7.82. The molecule has 1 rings (SSSR count). The molecule has 1 unspecified atom stereocenters. The number of Topliss-reactive ketones (excluding diaryl/α,β-unsaturated/α-hetero) is 2. The van der Waals surface area contributed by atoms with E-state index < -0.39 is 5.92 Å². The number of hydrogen-bond acceptors (Lipinski definition) is 5. The van der Waals surface area contributed by atoms with E-state index in [4.69, 9.17) is 0 Å². The molecule has 5 heteroatoms. The van der Waals surface area contributed by atoms with E-state index in [0.717, 1.165) is 24.6 Å². The van der Waals surface area contributed by atoms with Crippen molar-refractivity contribution in [2.45, 2.75) is 58.1 Å². The fraction of sp³-hybridized carbons (Fsp3) is 0.812. The Morgan fingerprint density at radius 2 is 1.71 bits per heavy atom. The average molecular weight is 331 g/mol. The number of ketones is 2. The van der Waals surface area contributed by atoms with E-state index in [1.807, 2.05) is 6.92 Å². The highest BCUT2D eigenvalue weighted by Gasteiger charge is 2.34. The van der Waals surface area contributed by atoms with E-state index >= 15 is 0 Å². The molecule has 1 aliphatic carbocycles. The van der Waals surface area contributed by atoms with Crippen LogP contribution in [0.2, 0.25) is 0 Å². The van der Waals surface area contributed by atoms with Gasteiger partial charge in [0.15, 0.2) is 11.6 Å². The average Bonchev–Trinajstić information content (AvgIpc) is 2.46. The van der Waals surface area contributed by atoms with Gasteiger partial charge in [-0.1, -0.05) is 51.8 Å². The predicted octanol–water partition coefficient (Wildman–Crippen LogP) is 3.74. The second kappa shape index (κ2) is 9.67. The summed E-state index contributed by atoms with van der Waals surface area (Å²) in [5.74, 6) is -0.857. The molecule has 3 nitrogen and oxygen atoms in total. The van der Waals surface area contributed by atoms with Crippen molar-refractivity contribution in [3.05, 3.63) is 0 Å². The van der Waals surface area contributed by atoms with Crippen LogP contribution in [0.25, 0.3) is 0 Å². The summed E-state index contributed by atoms with van der Waals surface area (Å²) in [4.78, 5) is 36.7. The molecule has 0 aliphatic heterocycles. The van der Waals surface area contributed by atoms with Crippen molar-refractivity contribution >= 4 is 40.2 Å². The smallest absolute Gasteiger partial charge is 0.206 e. The number of carbonyl (C=O) groups is 3. The summed E-state index contributed by atoms with van der Waals surface area (Å²) in [5, 5.41) is 0.247. The fourth-order valence-electron chi connectivity index (χ4n) is 2.48. The molecule has 0 bridgehead atoms. The van der Waals surface area contributed by atoms with Gasteiger partial charge < -0.3 is 0 Å². The summed E-state index contributed by atoms with van der Waals surface area (Å²) in [6.45, 7) is 5.36. The van der Waals surface area contributed by atoms with Gasteiger partial charge >= 0.3 is 0 Å². The minimum absolute atomic E-state index is 0.199. The van der Waals surface area contributed by atoms with Crippen LogP contribution in [-0.4, -0.2) is 33.4 Å². The summed E-state index contributed by atoms with van der Waals surface area (Å²) >= 11 is 2.72. The molecular formula is C16H26O3S2. The van der Waals surface area contributed by atoms with E-state index in [9.17, 15) is 14.4 Å². The Bertz CT molecular complexity index is 374. The van der Waals surface area contributed by atoms with Crippen molar-refractivity contribution in [1.82, 2.24) is 0 Å². The van der Waals surface area contributed by atoms with Gasteiger partial charge in [0.1, 0.15) is 5.92 Å². The van der Waals surface area contributed by atoms with Crippen LogP contribution >= 0.6 is 23.5 Å². The van der Waals surface area contributed by atoms with E-state index in [1.54, 1.807) is 25.6 Å². The first-order chi connectivity index (χ1) is 9.97. The van der Waals surface area contributed by atoms with E-state index in [2.05, 4.69) is 0 Å². The van der Waals surface area contributed by atoms with Crippen LogP contribution in [0.1, 0.15) is 52.9 Å². The van der Waals surface area contributed by atoms with Crippen LogP contribution in [-0.2, 0) is 14.4 Å². The maximum Gasteiger partial charge on any atom is 0.206 e. The molecular weight excluding hydrogens is 304 g/mol. The van der Waals surface area contributed by atoms with Crippen LogP contribution in [0.4, 0.5) is 0 Å². The van der Waals surface area contributed by atoms with Crippen molar-refractivity contribution in [3.8, 4) is 0 Å². The zero-order chi connectivity index (χ0) is 15.8. The second-order valence-corrected chi connectivity index (χ2v) is 8.34. The first kappa shape index (κ1) is 18.8. The molecule has 120 valence electrons. The lowest BCUT2D eigenvalue weighted by molar-refractivity contribution is -0.137. The molecule has 0 spiro atoms. The lowest BCUT2D eigenvalue weighted by atomic mass is 9.93. The summed E-state index contributed by atoms with van der Waals surface area (Å²) in [7, 11) is 0. The minimum atomic E-state index is -1.05. The highest BCUT2D eigenvalue weighted by molar-refractivity contribution is 8.13. The van der Waals surface area contributed by atoms with Gasteiger partial charge in [0.05, 0.1) is 5.75 Å². The maximum absolute atomic E-state index is 12.4. The van der Waals surface area contributed by atoms with Gasteiger partial charge in [-0.3, -0.25) is 14.4 Å². The highest BCUT2D eigenvalue weighted by atomic mass is 32.2. The standard InChI is InChI=1S/C16H26O3S2/c1-4-20-16(19)14(15(18)11(2)3)13(17)10-21-12-8-6-5-7-9-12/h11-12,14H,4-10H2,1-3H3.